The van der Waals surface area contributed by atoms with E-state index in [1.54, 1.807) is 11.3 Å². The second kappa shape index (κ2) is 4.80. The summed E-state index contributed by atoms with van der Waals surface area (Å²) in [6.45, 7) is 8.37. The van der Waals surface area contributed by atoms with Crippen LogP contribution in [0, 0.1) is 6.92 Å². The van der Waals surface area contributed by atoms with Gasteiger partial charge in [0.05, 0.1) is 14.8 Å². The predicted molar refractivity (Wildman–Crippen MR) is 80.5 cm³/mol. The lowest BCUT2D eigenvalue weighted by Gasteiger charge is -2.15. The fourth-order valence-corrected chi connectivity index (χ4v) is 3.87. The molecular formula is C14H15ClOS2. The first-order chi connectivity index (χ1) is 8.30. The molecule has 0 bridgehead atoms. The Bertz CT molecular complexity index is 587. The molecule has 0 atom stereocenters. The molecule has 18 heavy (non-hydrogen) atoms. The van der Waals surface area contributed by atoms with E-state index >= 15 is 0 Å². The van der Waals surface area contributed by atoms with Gasteiger partial charge in [0.2, 0.25) is 5.78 Å². The Balaban J connectivity index is 2.36. The Morgan fingerprint density at radius 3 is 2.39 bits per heavy atom. The average Bonchev–Trinajstić information content (AvgIpc) is 2.86. The molecule has 0 aliphatic heterocycles. The van der Waals surface area contributed by atoms with Crippen molar-refractivity contribution >= 4 is 40.1 Å². The minimum Gasteiger partial charge on any atom is -0.287 e. The second-order valence-corrected chi connectivity index (χ2v) is 7.65. The van der Waals surface area contributed by atoms with Gasteiger partial charge in [0.1, 0.15) is 0 Å². The zero-order valence-corrected chi connectivity index (χ0v) is 13.2. The average molecular weight is 299 g/mol. The van der Waals surface area contributed by atoms with Crippen LogP contribution in [0.3, 0.4) is 0 Å². The van der Waals surface area contributed by atoms with E-state index in [0.717, 1.165) is 10.4 Å². The smallest absolute Gasteiger partial charge is 0.214 e. The molecule has 0 radical (unpaired) electrons. The van der Waals surface area contributed by atoms with Crippen LogP contribution >= 0.6 is 34.3 Å². The lowest BCUT2D eigenvalue weighted by Crippen LogP contribution is -2.07. The number of rotatable bonds is 2. The van der Waals surface area contributed by atoms with Gasteiger partial charge in [0, 0.05) is 4.88 Å². The van der Waals surface area contributed by atoms with Gasteiger partial charge < -0.3 is 0 Å². The molecule has 0 aliphatic rings. The highest BCUT2D eigenvalue weighted by Gasteiger charge is 2.21. The molecule has 0 aromatic carbocycles. The van der Waals surface area contributed by atoms with Gasteiger partial charge in [-0.3, -0.25) is 4.79 Å². The molecule has 2 heterocycles. The number of halogens is 1. The van der Waals surface area contributed by atoms with Crippen LogP contribution in [0.1, 0.15) is 45.8 Å². The van der Waals surface area contributed by atoms with Crippen LogP contribution in [0.15, 0.2) is 17.5 Å². The number of thiophene rings is 2. The number of carbonyl (C=O) groups excluding carboxylic acids is 1. The summed E-state index contributed by atoms with van der Waals surface area (Å²) in [6.07, 6.45) is 0. The van der Waals surface area contributed by atoms with Crippen LogP contribution in [-0.2, 0) is 5.41 Å². The molecule has 0 fully saturated rings. The quantitative estimate of drug-likeness (QED) is 0.688. The normalized spacial score (nSPS) is 11.8. The SMILES string of the molecule is Cc1csc(C(=O)c2ccc(C(C)(C)C)s2)c1Cl. The molecule has 0 aliphatic carbocycles. The Hall–Kier alpha value is -0.640. The van der Waals surface area contributed by atoms with E-state index in [2.05, 4.69) is 20.8 Å². The van der Waals surface area contributed by atoms with Crippen LogP contribution in [0.4, 0.5) is 0 Å². The Kier molecular flexibility index (Phi) is 3.67. The monoisotopic (exact) mass is 298 g/mol. The zero-order chi connectivity index (χ0) is 13.5. The molecule has 0 saturated carbocycles. The lowest BCUT2D eigenvalue weighted by molar-refractivity contribution is 0.104. The molecule has 96 valence electrons. The van der Waals surface area contributed by atoms with E-state index in [1.165, 1.54) is 16.2 Å². The van der Waals surface area contributed by atoms with Gasteiger partial charge in [-0.2, -0.15) is 0 Å². The summed E-state index contributed by atoms with van der Waals surface area (Å²) in [5.74, 6) is 0.0404. The van der Waals surface area contributed by atoms with E-state index < -0.39 is 0 Å². The molecule has 0 saturated heterocycles. The largest absolute Gasteiger partial charge is 0.287 e. The molecule has 1 nitrogen and oxygen atoms in total. The fraction of sp³-hybridized carbons (Fsp3) is 0.357. The summed E-state index contributed by atoms with van der Waals surface area (Å²) in [5, 5.41) is 2.52. The number of aryl methyl sites for hydroxylation is 1. The highest BCUT2D eigenvalue weighted by molar-refractivity contribution is 7.17. The van der Waals surface area contributed by atoms with Crippen molar-refractivity contribution in [3.8, 4) is 0 Å². The minimum absolute atomic E-state index is 0.0404. The molecule has 2 rings (SSSR count). The van der Waals surface area contributed by atoms with Gasteiger partial charge >= 0.3 is 0 Å². The molecule has 0 N–H and O–H groups in total. The third-order valence-electron chi connectivity index (χ3n) is 2.67. The number of hydrogen-bond donors (Lipinski definition) is 0. The summed E-state index contributed by atoms with van der Waals surface area (Å²) < 4.78 is 0. The molecule has 0 unspecified atom stereocenters. The van der Waals surface area contributed by atoms with Gasteiger partial charge in [0.25, 0.3) is 0 Å². The van der Waals surface area contributed by atoms with E-state index in [-0.39, 0.29) is 11.2 Å². The molecule has 0 amide bonds. The zero-order valence-electron chi connectivity index (χ0n) is 10.8. The first kappa shape index (κ1) is 13.8. The minimum atomic E-state index is 0.0404. The molecule has 2 aromatic rings. The van der Waals surface area contributed by atoms with Crippen molar-refractivity contribution in [1.29, 1.82) is 0 Å². The van der Waals surface area contributed by atoms with Crippen LogP contribution in [0.25, 0.3) is 0 Å². The van der Waals surface area contributed by atoms with Crippen molar-refractivity contribution in [3.05, 3.63) is 42.7 Å². The van der Waals surface area contributed by atoms with Crippen molar-refractivity contribution in [1.82, 2.24) is 0 Å². The summed E-state index contributed by atoms with van der Waals surface area (Å²) in [4.78, 5) is 15.0. The molecule has 0 spiro atoms. The molecular weight excluding hydrogens is 284 g/mol. The van der Waals surface area contributed by atoms with Crippen molar-refractivity contribution in [3.63, 3.8) is 0 Å². The van der Waals surface area contributed by atoms with Crippen LogP contribution < -0.4 is 0 Å². The van der Waals surface area contributed by atoms with Gasteiger partial charge in [-0.05, 0) is 35.4 Å². The number of hydrogen-bond acceptors (Lipinski definition) is 3. The summed E-state index contributed by atoms with van der Waals surface area (Å²) >= 11 is 9.12. The van der Waals surface area contributed by atoms with Crippen molar-refractivity contribution in [2.24, 2.45) is 0 Å². The second-order valence-electron chi connectivity index (χ2n) is 5.30. The van der Waals surface area contributed by atoms with Crippen molar-refractivity contribution in [2.75, 3.05) is 0 Å². The van der Waals surface area contributed by atoms with E-state index in [0.29, 0.717) is 9.90 Å². The summed E-state index contributed by atoms with van der Waals surface area (Å²) in [7, 11) is 0. The maximum Gasteiger partial charge on any atom is 0.214 e. The van der Waals surface area contributed by atoms with Crippen molar-refractivity contribution in [2.45, 2.75) is 33.1 Å². The molecule has 4 heteroatoms. The van der Waals surface area contributed by atoms with Gasteiger partial charge in [-0.25, -0.2) is 0 Å². The van der Waals surface area contributed by atoms with Gasteiger partial charge in [-0.15, -0.1) is 22.7 Å². The van der Waals surface area contributed by atoms with Crippen LogP contribution in [0.5, 0.6) is 0 Å². The highest BCUT2D eigenvalue weighted by atomic mass is 35.5. The summed E-state index contributed by atoms with van der Waals surface area (Å²) in [5.41, 5.74) is 1.05. The first-order valence-electron chi connectivity index (χ1n) is 5.69. The maximum absolute atomic E-state index is 12.4. The van der Waals surface area contributed by atoms with Gasteiger partial charge in [0.15, 0.2) is 0 Å². The lowest BCUT2D eigenvalue weighted by atomic mass is 9.95. The molecule has 2 aromatic heterocycles. The Morgan fingerprint density at radius 2 is 1.94 bits per heavy atom. The third kappa shape index (κ3) is 2.53. The standard InChI is InChI=1S/C14H15ClOS2/c1-8-7-17-13(11(8)15)12(16)9-5-6-10(18-9)14(2,3)4/h5-7H,1-4H3. The fourth-order valence-electron chi connectivity index (χ4n) is 1.56. The third-order valence-corrected chi connectivity index (χ3v) is 5.88. The first-order valence-corrected chi connectivity index (χ1v) is 7.76. The van der Waals surface area contributed by atoms with E-state index in [9.17, 15) is 4.79 Å². The van der Waals surface area contributed by atoms with Gasteiger partial charge in [-0.1, -0.05) is 32.4 Å². The van der Waals surface area contributed by atoms with Crippen LogP contribution in [-0.4, -0.2) is 5.78 Å². The van der Waals surface area contributed by atoms with Crippen LogP contribution in [0.2, 0.25) is 5.02 Å². The highest BCUT2D eigenvalue weighted by Crippen LogP contribution is 2.34. The topological polar surface area (TPSA) is 17.1 Å². The van der Waals surface area contributed by atoms with E-state index in [1.807, 2.05) is 24.4 Å². The van der Waals surface area contributed by atoms with Crippen molar-refractivity contribution < 1.29 is 4.79 Å². The summed E-state index contributed by atoms with van der Waals surface area (Å²) in [6, 6.07) is 3.94. The predicted octanol–water partition coefficient (Wildman–Crippen LogP) is 5.30. The number of ketones is 1. The Morgan fingerprint density at radius 1 is 1.28 bits per heavy atom. The number of carbonyl (C=O) groups is 1. The van der Waals surface area contributed by atoms with E-state index in [4.69, 9.17) is 11.6 Å². The Labute approximate surface area is 120 Å². The maximum atomic E-state index is 12.4.